The molecule has 0 aliphatic carbocycles. The van der Waals surface area contributed by atoms with Crippen LogP contribution < -0.4 is 11.1 Å². The molecule has 0 atom stereocenters. The number of nitrogens with one attached hydrogen (secondary N) is 1. The first-order valence-corrected chi connectivity index (χ1v) is 5.92. The smallest absolute Gasteiger partial charge is 0.181 e. The van der Waals surface area contributed by atoms with Crippen molar-refractivity contribution in [3.63, 3.8) is 0 Å². The summed E-state index contributed by atoms with van der Waals surface area (Å²) in [7, 11) is 0. The molecule has 0 aromatic heterocycles. The topological polar surface area (TPSA) is 78.9 Å². The first-order valence-electron chi connectivity index (χ1n) is 5.92. The average molecular weight is 269 g/mol. The molecule has 2 aromatic rings. The lowest BCUT2D eigenvalue weighted by Gasteiger charge is -2.07. The molecule has 0 saturated carbocycles. The fourth-order valence-electron chi connectivity index (χ4n) is 1.70. The predicted molar refractivity (Wildman–Crippen MR) is 74.8 cm³/mol. The number of nitrogen functional groups attached to an aromatic ring is 1. The van der Waals surface area contributed by atoms with Gasteiger partial charge in [0.1, 0.15) is 5.82 Å². The van der Waals surface area contributed by atoms with Gasteiger partial charge in [0.25, 0.3) is 0 Å². The maximum Gasteiger partial charge on any atom is 0.181 e. The summed E-state index contributed by atoms with van der Waals surface area (Å²) in [6.07, 6.45) is 0. The third-order valence-corrected chi connectivity index (χ3v) is 2.76. The SMILES string of the molecule is N#Cc1cccc(NCC(=O)c2ccc(F)c(N)c2)c1. The molecule has 0 aliphatic heterocycles. The Morgan fingerprint density at radius 1 is 1.30 bits per heavy atom. The van der Waals surface area contributed by atoms with Crippen LogP contribution in [0.1, 0.15) is 15.9 Å². The van der Waals surface area contributed by atoms with Gasteiger partial charge >= 0.3 is 0 Å². The standard InChI is InChI=1S/C15H12FN3O/c16-13-5-4-11(7-14(13)18)15(20)9-19-12-3-1-2-10(6-12)8-17/h1-7,19H,9,18H2. The third-order valence-electron chi connectivity index (χ3n) is 2.76. The number of benzene rings is 2. The second-order valence-electron chi connectivity index (χ2n) is 4.21. The van der Waals surface area contributed by atoms with Crippen LogP contribution in [0, 0.1) is 17.1 Å². The number of halogens is 1. The van der Waals surface area contributed by atoms with Crippen molar-refractivity contribution in [1.29, 1.82) is 5.26 Å². The molecule has 0 spiro atoms. The highest BCUT2D eigenvalue weighted by atomic mass is 19.1. The van der Waals surface area contributed by atoms with E-state index in [1.165, 1.54) is 18.2 Å². The van der Waals surface area contributed by atoms with Gasteiger partial charge in [0.05, 0.1) is 23.9 Å². The molecule has 3 N–H and O–H groups in total. The number of anilines is 2. The Morgan fingerprint density at radius 2 is 2.10 bits per heavy atom. The van der Waals surface area contributed by atoms with Crippen molar-refractivity contribution in [3.8, 4) is 6.07 Å². The van der Waals surface area contributed by atoms with Crippen LogP contribution in [-0.4, -0.2) is 12.3 Å². The van der Waals surface area contributed by atoms with Crippen molar-refractivity contribution in [3.05, 3.63) is 59.4 Å². The minimum absolute atomic E-state index is 0.0416. The van der Waals surface area contributed by atoms with Crippen molar-refractivity contribution in [2.75, 3.05) is 17.6 Å². The van der Waals surface area contributed by atoms with Crippen LogP contribution in [0.15, 0.2) is 42.5 Å². The van der Waals surface area contributed by atoms with Gasteiger partial charge in [-0.3, -0.25) is 4.79 Å². The van der Waals surface area contributed by atoms with Crippen molar-refractivity contribution in [2.24, 2.45) is 0 Å². The van der Waals surface area contributed by atoms with Gasteiger partial charge in [-0.15, -0.1) is 0 Å². The van der Waals surface area contributed by atoms with Gasteiger partial charge in [-0.05, 0) is 36.4 Å². The van der Waals surface area contributed by atoms with E-state index in [-0.39, 0.29) is 18.0 Å². The molecule has 0 fully saturated rings. The van der Waals surface area contributed by atoms with E-state index in [1.54, 1.807) is 24.3 Å². The second kappa shape index (κ2) is 5.85. The summed E-state index contributed by atoms with van der Waals surface area (Å²) in [5.41, 5.74) is 6.89. The first kappa shape index (κ1) is 13.6. The maximum atomic E-state index is 13.0. The number of nitrogens with two attached hydrogens (primary N) is 1. The van der Waals surface area contributed by atoms with E-state index in [2.05, 4.69) is 5.32 Å². The zero-order valence-electron chi connectivity index (χ0n) is 10.6. The van der Waals surface area contributed by atoms with Gasteiger partial charge < -0.3 is 11.1 Å². The van der Waals surface area contributed by atoms with Crippen LogP contribution in [-0.2, 0) is 0 Å². The highest BCUT2D eigenvalue weighted by Gasteiger charge is 2.08. The molecule has 0 amide bonds. The molecule has 2 aromatic carbocycles. The van der Waals surface area contributed by atoms with Gasteiger partial charge in [-0.1, -0.05) is 6.07 Å². The third kappa shape index (κ3) is 3.12. The number of hydrogen-bond donors (Lipinski definition) is 2. The molecule has 0 heterocycles. The molecule has 2 rings (SSSR count). The lowest BCUT2D eigenvalue weighted by Crippen LogP contribution is -2.14. The molecule has 0 radical (unpaired) electrons. The number of hydrogen-bond acceptors (Lipinski definition) is 4. The van der Waals surface area contributed by atoms with Gasteiger partial charge in [0, 0.05) is 11.3 Å². The first-order chi connectivity index (χ1) is 9.60. The van der Waals surface area contributed by atoms with Gasteiger partial charge in [0.2, 0.25) is 0 Å². The molecule has 100 valence electrons. The Bertz CT molecular complexity index is 692. The Balaban J connectivity index is 2.05. The van der Waals surface area contributed by atoms with Crippen LogP contribution in [0.2, 0.25) is 0 Å². The molecular formula is C15H12FN3O. The monoisotopic (exact) mass is 269 g/mol. The van der Waals surface area contributed by atoms with Crippen LogP contribution in [0.3, 0.4) is 0 Å². The normalized spacial score (nSPS) is 9.80. The van der Waals surface area contributed by atoms with Crippen molar-refractivity contribution >= 4 is 17.2 Å². The van der Waals surface area contributed by atoms with E-state index < -0.39 is 5.82 Å². The molecule has 0 saturated heterocycles. The molecule has 0 unspecified atom stereocenters. The lowest BCUT2D eigenvalue weighted by atomic mass is 10.1. The average Bonchev–Trinajstić information content (AvgIpc) is 2.47. The number of nitrogens with zero attached hydrogens (tertiary/aromatic N) is 1. The highest BCUT2D eigenvalue weighted by molar-refractivity contribution is 5.99. The van der Waals surface area contributed by atoms with Crippen LogP contribution in [0.5, 0.6) is 0 Å². The summed E-state index contributed by atoms with van der Waals surface area (Å²) in [4.78, 5) is 11.9. The van der Waals surface area contributed by atoms with Gasteiger partial charge in [0.15, 0.2) is 5.78 Å². The Kier molecular flexibility index (Phi) is 3.96. The molecule has 4 nitrogen and oxygen atoms in total. The van der Waals surface area contributed by atoms with Crippen LogP contribution in [0.25, 0.3) is 0 Å². The molecule has 0 aliphatic rings. The lowest BCUT2D eigenvalue weighted by molar-refractivity contribution is 0.101. The summed E-state index contributed by atoms with van der Waals surface area (Å²) in [6, 6.07) is 12.7. The predicted octanol–water partition coefficient (Wildman–Crippen LogP) is 2.57. The molecule has 20 heavy (non-hydrogen) atoms. The minimum atomic E-state index is -0.545. The van der Waals surface area contributed by atoms with E-state index >= 15 is 0 Å². The summed E-state index contributed by atoms with van der Waals surface area (Å²) in [5.74, 6) is -0.754. The number of nitriles is 1. The molecule has 5 heteroatoms. The number of rotatable bonds is 4. The Morgan fingerprint density at radius 3 is 2.80 bits per heavy atom. The highest BCUT2D eigenvalue weighted by Crippen LogP contribution is 2.14. The summed E-state index contributed by atoms with van der Waals surface area (Å²) < 4.78 is 13.0. The quantitative estimate of drug-likeness (QED) is 0.660. The van der Waals surface area contributed by atoms with E-state index in [4.69, 9.17) is 11.0 Å². The molecular weight excluding hydrogens is 257 g/mol. The van der Waals surface area contributed by atoms with Crippen molar-refractivity contribution in [1.82, 2.24) is 0 Å². The van der Waals surface area contributed by atoms with Crippen molar-refractivity contribution < 1.29 is 9.18 Å². The fourth-order valence-corrected chi connectivity index (χ4v) is 1.70. The van der Waals surface area contributed by atoms with E-state index in [0.717, 1.165) is 0 Å². The fraction of sp³-hybridized carbons (Fsp3) is 0.0667. The summed E-state index contributed by atoms with van der Waals surface area (Å²) >= 11 is 0. The number of carbonyl (C=O) groups excluding carboxylic acids is 1. The summed E-state index contributed by atoms with van der Waals surface area (Å²) in [6.45, 7) is 0.0416. The Hall–Kier alpha value is -2.87. The van der Waals surface area contributed by atoms with Gasteiger partial charge in [-0.25, -0.2) is 4.39 Å². The Labute approximate surface area is 115 Å². The maximum absolute atomic E-state index is 13.0. The minimum Gasteiger partial charge on any atom is -0.396 e. The zero-order valence-corrected chi connectivity index (χ0v) is 10.6. The number of Topliss-reactive ketones (excluding diaryl/α,β-unsaturated/α-hetero) is 1. The van der Waals surface area contributed by atoms with E-state index in [1.807, 2.05) is 6.07 Å². The second-order valence-corrected chi connectivity index (χ2v) is 4.21. The van der Waals surface area contributed by atoms with Gasteiger partial charge in [-0.2, -0.15) is 5.26 Å². The largest absolute Gasteiger partial charge is 0.396 e. The summed E-state index contributed by atoms with van der Waals surface area (Å²) in [5, 5.41) is 11.7. The van der Waals surface area contributed by atoms with Crippen LogP contribution in [0.4, 0.5) is 15.8 Å². The zero-order chi connectivity index (χ0) is 14.5. The number of carbonyl (C=O) groups is 1. The molecule has 0 bridgehead atoms. The number of ketones is 1. The van der Waals surface area contributed by atoms with E-state index in [9.17, 15) is 9.18 Å². The van der Waals surface area contributed by atoms with Crippen LogP contribution >= 0.6 is 0 Å². The van der Waals surface area contributed by atoms with E-state index in [0.29, 0.717) is 16.8 Å². The van der Waals surface area contributed by atoms with Crippen molar-refractivity contribution in [2.45, 2.75) is 0 Å².